The van der Waals surface area contributed by atoms with Gasteiger partial charge in [0.25, 0.3) is 5.91 Å². The summed E-state index contributed by atoms with van der Waals surface area (Å²) >= 11 is 0.979. The first-order valence-electron chi connectivity index (χ1n) is 11.5. The van der Waals surface area contributed by atoms with Gasteiger partial charge in [0.15, 0.2) is 22.3 Å². The molecule has 3 heterocycles. The standard InChI is InChI=1S/C25H21FN4O7S/c1-35-23(33)16-12-38-24(27-16)29-21(31)17(10-13-2-5-15(26)6-3-13)30-22(32)20(28-25(30)34)14-4-7-18-19(11-14)37-9-8-36-18/h2-7,11-12,17,20H,8-10H2,1H3,(H,28,34)(H,27,29,31). The zero-order valence-corrected chi connectivity index (χ0v) is 20.7. The molecule has 5 rings (SSSR count). The quantitative estimate of drug-likeness (QED) is 0.345. The number of ether oxygens (including phenoxy) is 3. The summed E-state index contributed by atoms with van der Waals surface area (Å²) in [7, 11) is 1.20. The lowest BCUT2D eigenvalue weighted by molar-refractivity contribution is -0.134. The van der Waals surface area contributed by atoms with Crippen LogP contribution in [-0.4, -0.2) is 60.1 Å². The number of nitrogens with one attached hydrogen (secondary N) is 2. The Morgan fingerprint density at radius 1 is 1.18 bits per heavy atom. The van der Waals surface area contributed by atoms with Crippen molar-refractivity contribution in [3.63, 3.8) is 0 Å². The van der Waals surface area contributed by atoms with Gasteiger partial charge >= 0.3 is 12.0 Å². The molecule has 2 aliphatic heterocycles. The number of hydrogen-bond donors (Lipinski definition) is 2. The molecule has 2 N–H and O–H groups in total. The maximum absolute atomic E-state index is 13.5. The number of esters is 1. The van der Waals surface area contributed by atoms with E-state index in [1.807, 2.05) is 0 Å². The molecule has 0 bridgehead atoms. The third-order valence-electron chi connectivity index (χ3n) is 5.96. The third-order valence-corrected chi connectivity index (χ3v) is 6.71. The van der Waals surface area contributed by atoms with E-state index in [0.29, 0.717) is 35.8 Å². The number of benzene rings is 2. The van der Waals surface area contributed by atoms with Crippen molar-refractivity contribution in [1.29, 1.82) is 0 Å². The molecule has 2 unspecified atom stereocenters. The first-order valence-corrected chi connectivity index (χ1v) is 12.3. The van der Waals surface area contributed by atoms with Crippen molar-refractivity contribution in [1.82, 2.24) is 15.2 Å². The molecular formula is C25H21FN4O7S. The first kappa shape index (κ1) is 25.1. The van der Waals surface area contributed by atoms with E-state index in [4.69, 9.17) is 9.47 Å². The minimum Gasteiger partial charge on any atom is -0.486 e. The highest BCUT2D eigenvalue weighted by molar-refractivity contribution is 7.14. The Bertz CT molecular complexity index is 1410. The molecule has 2 atom stereocenters. The van der Waals surface area contributed by atoms with Crippen LogP contribution in [0.2, 0.25) is 0 Å². The third kappa shape index (κ3) is 5.00. The predicted molar refractivity (Wildman–Crippen MR) is 132 cm³/mol. The molecule has 1 fully saturated rings. The van der Waals surface area contributed by atoms with Crippen molar-refractivity contribution < 1.29 is 37.8 Å². The van der Waals surface area contributed by atoms with Crippen LogP contribution >= 0.6 is 11.3 Å². The fourth-order valence-corrected chi connectivity index (χ4v) is 4.80. The van der Waals surface area contributed by atoms with Crippen LogP contribution in [0.25, 0.3) is 0 Å². The van der Waals surface area contributed by atoms with E-state index in [1.54, 1.807) is 18.2 Å². The highest BCUT2D eigenvalue weighted by Crippen LogP contribution is 2.35. The van der Waals surface area contributed by atoms with E-state index in [2.05, 4.69) is 20.4 Å². The van der Waals surface area contributed by atoms with Crippen LogP contribution in [0.5, 0.6) is 11.5 Å². The number of methoxy groups -OCH3 is 1. The van der Waals surface area contributed by atoms with Crippen molar-refractivity contribution in [3.8, 4) is 11.5 Å². The molecule has 11 nitrogen and oxygen atoms in total. The number of thiazole rings is 1. The smallest absolute Gasteiger partial charge is 0.357 e. The number of urea groups is 1. The number of fused-ring (bicyclic) bond motifs is 1. The lowest BCUT2D eigenvalue weighted by Gasteiger charge is -2.24. The monoisotopic (exact) mass is 540 g/mol. The molecule has 1 saturated heterocycles. The van der Waals surface area contributed by atoms with Gasteiger partial charge in [-0.25, -0.2) is 23.9 Å². The molecule has 4 amide bonds. The van der Waals surface area contributed by atoms with Crippen LogP contribution in [0, 0.1) is 5.82 Å². The number of anilines is 1. The van der Waals surface area contributed by atoms with Crippen LogP contribution in [-0.2, 0) is 20.7 Å². The summed E-state index contributed by atoms with van der Waals surface area (Å²) in [6.45, 7) is 0.752. The molecule has 0 saturated carbocycles. The van der Waals surface area contributed by atoms with E-state index < -0.39 is 41.7 Å². The number of carbonyl (C=O) groups is 4. The van der Waals surface area contributed by atoms with Crippen molar-refractivity contribution in [2.75, 3.05) is 25.6 Å². The number of nitrogens with zero attached hydrogens (tertiary/aromatic N) is 2. The molecule has 3 aromatic rings. The van der Waals surface area contributed by atoms with Crippen LogP contribution < -0.4 is 20.1 Å². The fraction of sp³-hybridized carbons (Fsp3) is 0.240. The summed E-state index contributed by atoms with van der Waals surface area (Å²) in [6.07, 6.45) is -0.0889. The number of rotatable bonds is 7. The molecule has 38 heavy (non-hydrogen) atoms. The van der Waals surface area contributed by atoms with Crippen LogP contribution in [0.1, 0.15) is 27.7 Å². The average Bonchev–Trinajstić information content (AvgIpc) is 3.51. The van der Waals surface area contributed by atoms with Gasteiger partial charge in [-0.15, -0.1) is 11.3 Å². The first-order chi connectivity index (χ1) is 18.3. The topological polar surface area (TPSA) is 136 Å². The number of amides is 4. The Morgan fingerprint density at radius 2 is 1.92 bits per heavy atom. The molecule has 0 aliphatic carbocycles. The highest BCUT2D eigenvalue weighted by atomic mass is 32.1. The summed E-state index contributed by atoms with van der Waals surface area (Å²) in [6, 6.07) is 7.12. The van der Waals surface area contributed by atoms with Gasteiger partial charge in [0.2, 0.25) is 5.91 Å². The Labute approximate surface area is 219 Å². The molecule has 2 aromatic carbocycles. The fourth-order valence-electron chi connectivity index (χ4n) is 4.12. The zero-order chi connectivity index (χ0) is 26.8. The SMILES string of the molecule is COC(=O)c1csc(NC(=O)C(Cc2ccc(F)cc2)N2C(=O)NC(c3ccc4c(c3)OCCO4)C2=O)n1. The van der Waals surface area contributed by atoms with E-state index >= 15 is 0 Å². The van der Waals surface area contributed by atoms with E-state index in [1.165, 1.54) is 36.8 Å². The molecule has 196 valence electrons. The number of hydrogen-bond acceptors (Lipinski definition) is 9. The summed E-state index contributed by atoms with van der Waals surface area (Å²) in [5.41, 5.74) is 0.972. The average molecular weight is 541 g/mol. The molecule has 2 aliphatic rings. The largest absolute Gasteiger partial charge is 0.486 e. The Hall–Kier alpha value is -4.52. The van der Waals surface area contributed by atoms with E-state index in [9.17, 15) is 23.6 Å². The minimum absolute atomic E-state index is 0.00320. The van der Waals surface area contributed by atoms with Gasteiger partial charge in [-0.3, -0.25) is 9.59 Å². The molecule has 1 aromatic heterocycles. The van der Waals surface area contributed by atoms with Crippen molar-refractivity contribution in [2.24, 2.45) is 0 Å². The second-order valence-corrected chi connectivity index (χ2v) is 9.22. The van der Waals surface area contributed by atoms with Gasteiger partial charge < -0.3 is 24.8 Å². The molecular weight excluding hydrogens is 519 g/mol. The van der Waals surface area contributed by atoms with Gasteiger partial charge in [-0.05, 0) is 35.4 Å². The van der Waals surface area contributed by atoms with Crippen molar-refractivity contribution in [2.45, 2.75) is 18.5 Å². The Balaban J connectivity index is 1.42. The summed E-state index contributed by atoms with van der Waals surface area (Å²) in [4.78, 5) is 56.6. The lowest BCUT2D eigenvalue weighted by atomic mass is 10.0. The van der Waals surface area contributed by atoms with Gasteiger partial charge in [-0.2, -0.15) is 0 Å². The number of carbonyl (C=O) groups excluding carboxylic acids is 4. The molecule has 13 heteroatoms. The Kier molecular flexibility index (Phi) is 6.92. The predicted octanol–water partition coefficient (Wildman–Crippen LogP) is 2.68. The van der Waals surface area contributed by atoms with Gasteiger partial charge in [0.1, 0.15) is 31.1 Å². The van der Waals surface area contributed by atoms with Crippen molar-refractivity contribution in [3.05, 3.63) is 70.5 Å². The Morgan fingerprint density at radius 3 is 2.66 bits per heavy atom. The van der Waals surface area contributed by atoms with Crippen LogP contribution in [0.15, 0.2) is 47.8 Å². The summed E-state index contributed by atoms with van der Waals surface area (Å²) in [5, 5.41) is 6.67. The van der Waals surface area contributed by atoms with Gasteiger partial charge in [0, 0.05) is 11.8 Å². The minimum atomic E-state index is -1.30. The maximum Gasteiger partial charge on any atom is 0.357 e. The summed E-state index contributed by atoms with van der Waals surface area (Å²) in [5.74, 6) is -1.55. The summed E-state index contributed by atoms with van der Waals surface area (Å²) < 4.78 is 29.2. The number of aromatic nitrogens is 1. The molecule has 0 radical (unpaired) electrons. The van der Waals surface area contributed by atoms with Crippen molar-refractivity contribution >= 4 is 40.3 Å². The van der Waals surface area contributed by atoms with Crippen LogP contribution in [0.3, 0.4) is 0 Å². The normalized spacial score (nSPS) is 17.1. The second kappa shape index (κ2) is 10.5. The lowest BCUT2D eigenvalue weighted by Crippen LogP contribution is -2.49. The second-order valence-electron chi connectivity index (χ2n) is 8.36. The van der Waals surface area contributed by atoms with Crippen LogP contribution in [0.4, 0.5) is 14.3 Å². The molecule has 0 spiro atoms. The van der Waals surface area contributed by atoms with E-state index in [-0.39, 0.29) is 17.2 Å². The van der Waals surface area contributed by atoms with Gasteiger partial charge in [-0.1, -0.05) is 18.2 Å². The maximum atomic E-state index is 13.5. The van der Waals surface area contributed by atoms with E-state index in [0.717, 1.165) is 16.2 Å². The highest BCUT2D eigenvalue weighted by Gasteiger charge is 2.45. The number of imide groups is 1. The number of halogens is 1. The van der Waals surface area contributed by atoms with Gasteiger partial charge in [0.05, 0.1) is 7.11 Å². The zero-order valence-electron chi connectivity index (χ0n) is 19.9.